The van der Waals surface area contributed by atoms with Gasteiger partial charge in [0.1, 0.15) is 5.75 Å². The van der Waals surface area contributed by atoms with E-state index in [1.165, 1.54) is 25.7 Å². The SMILES string of the molecule is COC(=O)/C=C/CNC(=O)c1ccc(OC2CCC2)cc1. The van der Waals surface area contributed by atoms with E-state index in [0.717, 1.165) is 18.6 Å². The van der Waals surface area contributed by atoms with Crippen LogP contribution in [-0.2, 0) is 9.53 Å². The van der Waals surface area contributed by atoms with Crippen LogP contribution in [0.1, 0.15) is 29.6 Å². The molecule has 2 rings (SSSR count). The van der Waals surface area contributed by atoms with E-state index in [9.17, 15) is 9.59 Å². The highest BCUT2D eigenvalue weighted by molar-refractivity contribution is 5.94. The summed E-state index contributed by atoms with van der Waals surface area (Å²) < 4.78 is 10.2. The zero-order chi connectivity index (χ0) is 15.1. The van der Waals surface area contributed by atoms with Crippen molar-refractivity contribution in [2.75, 3.05) is 13.7 Å². The minimum absolute atomic E-state index is 0.195. The van der Waals surface area contributed by atoms with E-state index in [-0.39, 0.29) is 12.5 Å². The molecule has 1 aliphatic rings. The summed E-state index contributed by atoms with van der Waals surface area (Å²) >= 11 is 0. The molecule has 5 heteroatoms. The van der Waals surface area contributed by atoms with Gasteiger partial charge in [0.2, 0.25) is 0 Å². The first kappa shape index (κ1) is 15.1. The molecule has 21 heavy (non-hydrogen) atoms. The Hall–Kier alpha value is -2.30. The molecular weight excluding hydrogens is 270 g/mol. The fraction of sp³-hybridized carbons (Fsp3) is 0.375. The third kappa shape index (κ3) is 4.63. The molecule has 0 atom stereocenters. The van der Waals surface area contributed by atoms with Crippen LogP contribution >= 0.6 is 0 Å². The molecule has 1 N–H and O–H groups in total. The number of esters is 1. The van der Waals surface area contributed by atoms with Gasteiger partial charge in [0, 0.05) is 18.2 Å². The molecule has 0 spiro atoms. The monoisotopic (exact) mass is 289 g/mol. The van der Waals surface area contributed by atoms with Gasteiger partial charge in [-0.3, -0.25) is 4.79 Å². The van der Waals surface area contributed by atoms with Crippen LogP contribution in [0, 0.1) is 0 Å². The number of carbonyl (C=O) groups excluding carboxylic acids is 2. The Balaban J connectivity index is 1.79. The lowest BCUT2D eigenvalue weighted by Crippen LogP contribution is -2.25. The number of ether oxygens (including phenoxy) is 2. The minimum Gasteiger partial charge on any atom is -0.490 e. The molecule has 0 unspecified atom stereocenters. The van der Waals surface area contributed by atoms with Crippen LogP contribution in [-0.4, -0.2) is 31.6 Å². The van der Waals surface area contributed by atoms with E-state index in [4.69, 9.17) is 4.74 Å². The van der Waals surface area contributed by atoms with Crippen molar-refractivity contribution in [3.05, 3.63) is 42.0 Å². The predicted molar refractivity (Wildman–Crippen MR) is 78.2 cm³/mol. The lowest BCUT2D eigenvalue weighted by atomic mass is 9.96. The Bertz CT molecular complexity index is 518. The van der Waals surface area contributed by atoms with E-state index in [2.05, 4.69) is 10.1 Å². The third-order valence-corrected chi connectivity index (χ3v) is 3.31. The zero-order valence-electron chi connectivity index (χ0n) is 12.0. The van der Waals surface area contributed by atoms with E-state index in [1.807, 2.05) is 0 Å². The first-order valence-electron chi connectivity index (χ1n) is 6.98. The average Bonchev–Trinajstić information content (AvgIpc) is 2.47. The summed E-state index contributed by atoms with van der Waals surface area (Å²) in [4.78, 5) is 22.7. The zero-order valence-corrected chi connectivity index (χ0v) is 12.0. The van der Waals surface area contributed by atoms with Crippen LogP contribution in [0.5, 0.6) is 5.75 Å². The van der Waals surface area contributed by atoms with E-state index < -0.39 is 5.97 Å². The molecule has 5 nitrogen and oxygen atoms in total. The summed E-state index contributed by atoms with van der Waals surface area (Å²) in [5.74, 6) is 0.156. The van der Waals surface area contributed by atoms with Crippen molar-refractivity contribution in [2.24, 2.45) is 0 Å². The maximum absolute atomic E-state index is 11.9. The summed E-state index contributed by atoms with van der Waals surface area (Å²) in [6.07, 6.45) is 6.58. The van der Waals surface area contributed by atoms with Crippen LogP contribution in [0.25, 0.3) is 0 Å². The van der Waals surface area contributed by atoms with Crippen molar-refractivity contribution in [1.29, 1.82) is 0 Å². The highest BCUT2D eigenvalue weighted by Crippen LogP contribution is 2.25. The molecule has 0 radical (unpaired) electrons. The van der Waals surface area contributed by atoms with Gasteiger partial charge in [0.25, 0.3) is 5.91 Å². The molecule has 0 aromatic heterocycles. The lowest BCUT2D eigenvalue weighted by molar-refractivity contribution is -0.134. The number of carbonyl (C=O) groups is 2. The maximum Gasteiger partial charge on any atom is 0.330 e. The summed E-state index contributed by atoms with van der Waals surface area (Å²) in [5.41, 5.74) is 0.558. The van der Waals surface area contributed by atoms with Gasteiger partial charge >= 0.3 is 5.97 Å². The molecule has 0 aliphatic heterocycles. The van der Waals surface area contributed by atoms with Crippen LogP contribution in [0.2, 0.25) is 0 Å². The topological polar surface area (TPSA) is 64.6 Å². The number of benzene rings is 1. The molecule has 1 aliphatic carbocycles. The van der Waals surface area contributed by atoms with Gasteiger partial charge < -0.3 is 14.8 Å². The highest BCUT2D eigenvalue weighted by Gasteiger charge is 2.18. The Morgan fingerprint density at radius 2 is 2.00 bits per heavy atom. The average molecular weight is 289 g/mol. The quantitative estimate of drug-likeness (QED) is 0.643. The summed E-state index contributed by atoms with van der Waals surface area (Å²) in [6.45, 7) is 0.272. The Morgan fingerprint density at radius 1 is 1.29 bits per heavy atom. The van der Waals surface area contributed by atoms with Gasteiger partial charge in [0.05, 0.1) is 13.2 Å². The number of methoxy groups -OCH3 is 1. The summed E-state index contributed by atoms with van der Waals surface area (Å²) in [5, 5.41) is 2.69. The predicted octanol–water partition coefficient (Wildman–Crippen LogP) is 2.08. The molecule has 0 heterocycles. The van der Waals surface area contributed by atoms with Gasteiger partial charge in [-0.2, -0.15) is 0 Å². The first-order valence-corrected chi connectivity index (χ1v) is 6.98. The van der Waals surface area contributed by atoms with Crippen LogP contribution in [0.15, 0.2) is 36.4 Å². The van der Waals surface area contributed by atoms with Gasteiger partial charge in [0.15, 0.2) is 0 Å². The second kappa shape index (κ2) is 7.47. The minimum atomic E-state index is -0.443. The second-order valence-electron chi connectivity index (χ2n) is 4.83. The Kier molecular flexibility index (Phi) is 5.37. The molecular formula is C16H19NO4. The van der Waals surface area contributed by atoms with E-state index >= 15 is 0 Å². The van der Waals surface area contributed by atoms with Crippen LogP contribution in [0.4, 0.5) is 0 Å². The van der Waals surface area contributed by atoms with Crippen LogP contribution < -0.4 is 10.1 Å². The number of nitrogens with one attached hydrogen (secondary N) is 1. The van der Waals surface area contributed by atoms with Crippen molar-refractivity contribution in [3.63, 3.8) is 0 Å². The Labute approximate surface area is 123 Å². The molecule has 1 saturated carbocycles. The molecule has 1 amide bonds. The van der Waals surface area contributed by atoms with Crippen molar-refractivity contribution >= 4 is 11.9 Å². The maximum atomic E-state index is 11.9. The van der Waals surface area contributed by atoms with Crippen LogP contribution in [0.3, 0.4) is 0 Å². The van der Waals surface area contributed by atoms with Crippen molar-refractivity contribution in [2.45, 2.75) is 25.4 Å². The van der Waals surface area contributed by atoms with E-state index in [0.29, 0.717) is 11.7 Å². The smallest absolute Gasteiger partial charge is 0.330 e. The lowest BCUT2D eigenvalue weighted by Gasteiger charge is -2.26. The van der Waals surface area contributed by atoms with E-state index in [1.54, 1.807) is 24.3 Å². The molecule has 0 bridgehead atoms. The molecule has 0 saturated heterocycles. The standard InChI is InChI=1S/C16H19NO4/c1-20-15(18)6-3-11-17-16(19)12-7-9-14(10-8-12)21-13-4-2-5-13/h3,6-10,13H,2,4-5,11H2,1H3,(H,17,19)/b6-3+. The van der Waals surface area contributed by atoms with Crippen molar-refractivity contribution < 1.29 is 19.1 Å². The number of hydrogen-bond donors (Lipinski definition) is 1. The summed E-state index contributed by atoms with van der Waals surface area (Å²) in [6, 6.07) is 7.07. The molecule has 1 aromatic rings. The van der Waals surface area contributed by atoms with Crippen molar-refractivity contribution in [1.82, 2.24) is 5.32 Å². The first-order chi connectivity index (χ1) is 10.2. The second-order valence-corrected chi connectivity index (χ2v) is 4.83. The fourth-order valence-electron chi connectivity index (χ4n) is 1.84. The van der Waals surface area contributed by atoms with Gasteiger partial charge in [-0.05, 0) is 43.5 Å². The molecule has 1 aromatic carbocycles. The van der Waals surface area contributed by atoms with Gasteiger partial charge in [-0.1, -0.05) is 6.08 Å². The molecule has 112 valence electrons. The third-order valence-electron chi connectivity index (χ3n) is 3.31. The molecule has 1 fully saturated rings. The highest BCUT2D eigenvalue weighted by atomic mass is 16.5. The number of rotatable bonds is 6. The van der Waals surface area contributed by atoms with Gasteiger partial charge in [-0.15, -0.1) is 0 Å². The summed E-state index contributed by atoms with van der Waals surface area (Å²) in [7, 11) is 1.30. The number of hydrogen-bond acceptors (Lipinski definition) is 4. The number of amides is 1. The van der Waals surface area contributed by atoms with Gasteiger partial charge in [-0.25, -0.2) is 4.79 Å². The fourth-order valence-corrected chi connectivity index (χ4v) is 1.84. The normalized spacial score (nSPS) is 14.5. The van der Waals surface area contributed by atoms with Crippen molar-refractivity contribution in [3.8, 4) is 5.75 Å². The largest absolute Gasteiger partial charge is 0.490 e. The Morgan fingerprint density at radius 3 is 2.57 bits per heavy atom.